The van der Waals surface area contributed by atoms with E-state index in [1.54, 1.807) is 0 Å². The number of terminal acetylenes is 1. The molecule has 3 rings (SSSR count). The Bertz CT molecular complexity index is 796. The van der Waals surface area contributed by atoms with E-state index in [-0.39, 0.29) is 17.7 Å². The van der Waals surface area contributed by atoms with Gasteiger partial charge in [-0.25, -0.2) is 0 Å². The molecule has 0 radical (unpaired) electrons. The van der Waals surface area contributed by atoms with Crippen LogP contribution in [0.4, 0.5) is 5.95 Å². The van der Waals surface area contributed by atoms with Gasteiger partial charge in [0.15, 0.2) is 5.16 Å². The molecule has 1 aromatic heterocycles. The maximum Gasteiger partial charge on any atom is 0.234 e. The molecule has 1 atom stereocenters. The van der Waals surface area contributed by atoms with Crippen molar-refractivity contribution in [3.63, 3.8) is 0 Å². The summed E-state index contributed by atoms with van der Waals surface area (Å²) in [6.45, 7) is 5.59. The summed E-state index contributed by atoms with van der Waals surface area (Å²) in [6.07, 6.45) is 5.21. The molecular weight excluding hydrogens is 362 g/mol. The Balaban J connectivity index is 1.83. The van der Waals surface area contributed by atoms with E-state index in [0.717, 1.165) is 24.6 Å². The molecule has 0 spiro atoms. The van der Waals surface area contributed by atoms with E-state index >= 15 is 0 Å². The number of anilines is 1. The first kappa shape index (κ1) is 19.3. The Hall–Kier alpha value is -2.50. The maximum atomic E-state index is 12.2. The van der Waals surface area contributed by atoms with Crippen LogP contribution in [-0.2, 0) is 16.1 Å². The lowest BCUT2D eigenvalue weighted by molar-refractivity contribution is -0.120. The number of hydrogen-bond donors (Lipinski definition) is 1. The van der Waals surface area contributed by atoms with E-state index in [2.05, 4.69) is 43.0 Å². The monoisotopic (exact) mass is 385 g/mol. The van der Waals surface area contributed by atoms with Crippen molar-refractivity contribution >= 4 is 23.6 Å². The first-order valence-corrected chi connectivity index (χ1v) is 9.74. The van der Waals surface area contributed by atoms with Crippen LogP contribution in [0.15, 0.2) is 35.5 Å². The van der Waals surface area contributed by atoms with Crippen molar-refractivity contribution in [2.24, 2.45) is 0 Å². The molecule has 1 unspecified atom stereocenters. The predicted octanol–water partition coefficient (Wildman–Crippen LogP) is 1.39. The molecule has 2 aromatic rings. The molecule has 1 aromatic carbocycles. The van der Waals surface area contributed by atoms with Crippen LogP contribution in [0.5, 0.6) is 0 Å². The van der Waals surface area contributed by atoms with Crippen molar-refractivity contribution < 1.29 is 9.53 Å². The number of nitrogens with zero attached hydrogens (tertiary/aromatic N) is 4. The number of aromatic nitrogens is 3. The molecule has 1 N–H and O–H groups in total. The fraction of sp³-hybridized carbons (Fsp3) is 0.421. The Labute approximate surface area is 163 Å². The highest BCUT2D eigenvalue weighted by Crippen LogP contribution is 2.27. The Kier molecular flexibility index (Phi) is 6.74. The van der Waals surface area contributed by atoms with Crippen molar-refractivity contribution in [2.45, 2.75) is 23.9 Å². The molecule has 1 saturated heterocycles. The highest BCUT2D eigenvalue weighted by atomic mass is 32.2. The van der Waals surface area contributed by atoms with Crippen molar-refractivity contribution in [3.8, 4) is 12.3 Å². The molecular formula is C19H23N5O2S. The number of carbonyl (C=O) groups excluding carboxylic acids is 1. The molecule has 8 heteroatoms. The van der Waals surface area contributed by atoms with Gasteiger partial charge in [0.05, 0.1) is 31.6 Å². The van der Waals surface area contributed by atoms with E-state index in [4.69, 9.17) is 11.2 Å². The van der Waals surface area contributed by atoms with Gasteiger partial charge in [-0.3, -0.25) is 9.36 Å². The van der Waals surface area contributed by atoms with Crippen molar-refractivity contribution in [1.29, 1.82) is 0 Å². The van der Waals surface area contributed by atoms with E-state index in [1.807, 2.05) is 25.1 Å². The third-order valence-electron chi connectivity index (χ3n) is 4.19. The van der Waals surface area contributed by atoms with Crippen LogP contribution in [0.2, 0.25) is 0 Å². The summed E-state index contributed by atoms with van der Waals surface area (Å²) in [7, 11) is 0. The minimum absolute atomic E-state index is 0.111. The number of hydrogen-bond acceptors (Lipinski definition) is 6. The lowest BCUT2D eigenvalue weighted by atomic mass is 10.2. The quantitative estimate of drug-likeness (QED) is 0.574. The normalized spacial score (nSPS) is 15.2. The maximum absolute atomic E-state index is 12.2. The number of thioether (sulfide) groups is 1. The first-order valence-electron chi connectivity index (χ1n) is 8.86. The molecule has 0 aliphatic carbocycles. The van der Waals surface area contributed by atoms with Gasteiger partial charge in [0.2, 0.25) is 11.9 Å². The fourth-order valence-electron chi connectivity index (χ4n) is 2.76. The summed E-state index contributed by atoms with van der Waals surface area (Å²) < 4.78 is 7.51. The van der Waals surface area contributed by atoms with Crippen LogP contribution < -0.4 is 10.2 Å². The third-order valence-corrected chi connectivity index (χ3v) is 5.27. The second-order valence-electron chi connectivity index (χ2n) is 6.14. The molecule has 1 aliphatic rings. The van der Waals surface area contributed by atoms with E-state index < -0.39 is 0 Å². The van der Waals surface area contributed by atoms with Gasteiger partial charge in [-0.15, -0.1) is 16.6 Å². The highest BCUT2D eigenvalue weighted by Gasteiger charge is 2.23. The van der Waals surface area contributed by atoms with Gasteiger partial charge in [-0.05, 0) is 12.5 Å². The summed E-state index contributed by atoms with van der Waals surface area (Å²) in [5.74, 6) is 3.11. The Morgan fingerprint density at radius 2 is 2.07 bits per heavy atom. The van der Waals surface area contributed by atoms with E-state index in [1.165, 1.54) is 11.8 Å². The minimum Gasteiger partial charge on any atom is -0.378 e. The van der Waals surface area contributed by atoms with Crippen LogP contribution in [0.3, 0.4) is 0 Å². The standard InChI is InChI=1S/C19H23N5O2S/c1-3-9-20-17(25)15(2)27-19-22-21-18(23-10-12-26-13-11-23)24(19)14-16-7-5-4-6-8-16/h1,4-8,15H,9-14H2,2H3,(H,20,25). The summed E-state index contributed by atoms with van der Waals surface area (Å²) >= 11 is 1.38. The number of ether oxygens (including phenoxy) is 1. The molecule has 1 aliphatic heterocycles. The smallest absolute Gasteiger partial charge is 0.234 e. The molecule has 0 saturated carbocycles. The van der Waals surface area contributed by atoms with Crippen molar-refractivity contribution in [1.82, 2.24) is 20.1 Å². The number of morpholine rings is 1. The van der Waals surface area contributed by atoms with Crippen molar-refractivity contribution in [3.05, 3.63) is 35.9 Å². The SMILES string of the molecule is C#CCNC(=O)C(C)Sc1nnc(N2CCOCC2)n1Cc1ccccc1. The zero-order chi connectivity index (χ0) is 19.1. The van der Waals surface area contributed by atoms with Gasteiger partial charge in [0.25, 0.3) is 0 Å². The van der Waals surface area contributed by atoms with Crippen LogP contribution in [-0.4, -0.2) is 58.8 Å². The third kappa shape index (κ3) is 5.02. The summed E-state index contributed by atoms with van der Waals surface area (Å²) in [4.78, 5) is 14.3. The molecule has 0 bridgehead atoms. The number of carbonyl (C=O) groups is 1. The summed E-state index contributed by atoms with van der Waals surface area (Å²) in [5.41, 5.74) is 1.15. The van der Waals surface area contributed by atoms with Gasteiger partial charge in [0.1, 0.15) is 0 Å². The molecule has 27 heavy (non-hydrogen) atoms. The van der Waals surface area contributed by atoms with Gasteiger partial charge in [-0.2, -0.15) is 0 Å². The zero-order valence-corrected chi connectivity index (χ0v) is 16.1. The number of nitrogens with one attached hydrogen (secondary N) is 1. The molecule has 2 heterocycles. The highest BCUT2D eigenvalue weighted by molar-refractivity contribution is 8.00. The van der Waals surface area contributed by atoms with Gasteiger partial charge in [0, 0.05) is 13.1 Å². The van der Waals surface area contributed by atoms with E-state index in [0.29, 0.717) is 24.9 Å². The summed E-state index contributed by atoms with van der Waals surface area (Å²) in [5, 5.41) is 11.9. The van der Waals surface area contributed by atoms with Crippen molar-refractivity contribution in [2.75, 3.05) is 37.7 Å². The van der Waals surface area contributed by atoms with Crippen LogP contribution in [0.1, 0.15) is 12.5 Å². The molecule has 1 amide bonds. The van der Waals surface area contributed by atoms with Crippen LogP contribution in [0, 0.1) is 12.3 Å². The second kappa shape index (κ2) is 9.44. The van der Waals surface area contributed by atoms with Crippen LogP contribution in [0.25, 0.3) is 0 Å². The zero-order valence-electron chi connectivity index (χ0n) is 15.3. The fourth-order valence-corrected chi connectivity index (χ4v) is 3.63. The molecule has 7 nitrogen and oxygen atoms in total. The minimum atomic E-state index is -0.324. The average molecular weight is 385 g/mol. The van der Waals surface area contributed by atoms with Gasteiger partial charge in [-0.1, -0.05) is 48.0 Å². The molecule has 142 valence electrons. The van der Waals surface area contributed by atoms with Crippen LogP contribution >= 0.6 is 11.8 Å². The molecule has 1 fully saturated rings. The lowest BCUT2D eigenvalue weighted by Crippen LogP contribution is -2.38. The summed E-state index contributed by atoms with van der Waals surface area (Å²) in [6, 6.07) is 10.2. The second-order valence-corrected chi connectivity index (χ2v) is 7.44. The topological polar surface area (TPSA) is 72.3 Å². The largest absolute Gasteiger partial charge is 0.378 e. The van der Waals surface area contributed by atoms with Gasteiger partial charge >= 0.3 is 0 Å². The lowest BCUT2D eigenvalue weighted by Gasteiger charge is -2.28. The Morgan fingerprint density at radius 3 is 2.78 bits per heavy atom. The number of rotatable bonds is 7. The average Bonchev–Trinajstić information content (AvgIpc) is 3.09. The first-order chi connectivity index (χ1) is 13.2. The Morgan fingerprint density at radius 1 is 1.33 bits per heavy atom. The number of amides is 1. The number of benzene rings is 1. The predicted molar refractivity (Wildman–Crippen MR) is 106 cm³/mol. The van der Waals surface area contributed by atoms with Gasteiger partial charge < -0.3 is 15.0 Å². The van der Waals surface area contributed by atoms with E-state index in [9.17, 15) is 4.79 Å².